The van der Waals surface area contributed by atoms with Gasteiger partial charge in [-0.3, -0.25) is 0 Å². The van der Waals surface area contributed by atoms with Crippen LogP contribution in [0.4, 0.5) is 23.9 Å². The van der Waals surface area contributed by atoms with E-state index in [1.54, 1.807) is 4.68 Å². The molecule has 2 heterocycles. The molecule has 1 aliphatic heterocycles. The molecule has 1 saturated heterocycles. The number of carbonyl (C=O) groups is 1. The van der Waals surface area contributed by atoms with Gasteiger partial charge in [-0.2, -0.15) is 4.98 Å². The van der Waals surface area contributed by atoms with Gasteiger partial charge in [-0.1, -0.05) is 0 Å². The zero-order valence-electron chi connectivity index (χ0n) is 17.5. The number of aromatic nitrogens is 3. The highest BCUT2D eigenvalue weighted by molar-refractivity contribution is 5.65. The number of rotatable bonds is 6. The predicted octanol–water partition coefficient (Wildman–Crippen LogP) is 4.35. The molecule has 1 aromatic heterocycles. The maximum atomic E-state index is 12.3. The van der Waals surface area contributed by atoms with Crippen molar-refractivity contribution in [2.24, 2.45) is 11.8 Å². The summed E-state index contributed by atoms with van der Waals surface area (Å²) in [6.45, 7) is 4.76. The van der Waals surface area contributed by atoms with Crippen molar-refractivity contribution in [3.05, 3.63) is 24.3 Å². The smallest absolute Gasteiger partial charge is 0.465 e. The van der Waals surface area contributed by atoms with E-state index in [9.17, 15) is 23.1 Å². The number of halogens is 3. The van der Waals surface area contributed by atoms with Crippen LogP contribution < -0.4 is 14.8 Å². The van der Waals surface area contributed by atoms with E-state index in [-0.39, 0.29) is 41.4 Å². The number of piperidine rings is 1. The number of hydrogen-bond acceptors (Lipinski definition) is 6. The Morgan fingerprint density at radius 2 is 1.75 bits per heavy atom. The first-order chi connectivity index (χ1) is 15.1. The van der Waals surface area contributed by atoms with Crippen LogP contribution in [-0.2, 0) is 0 Å². The number of nitrogens with zero attached hydrogens (tertiary/aromatic N) is 4. The molecule has 2 bridgehead atoms. The maximum absolute atomic E-state index is 12.3. The highest BCUT2D eigenvalue weighted by atomic mass is 19.4. The lowest BCUT2D eigenvalue weighted by Crippen LogP contribution is -2.49. The highest BCUT2D eigenvalue weighted by Crippen LogP contribution is 2.39. The van der Waals surface area contributed by atoms with Crippen LogP contribution in [0.1, 0.15) is 32.7 Å². The molecule has 9 nitrogen and oxygen atoms in total. The fourth-order valence-electron chi connectivity index (χ4n) is 4.35. The number of ether oxygens (including phenoxy) is 2. The van der Waals surface area contributed by atoms with Crippen LogP contribution in [0.15, 0.2) is 24.3 Å². The molecule has 2 N–H and O–H groups in total. The van der Waals surface area contributed by atoms with E-state index in [1.165, 1.54) is 17.0 Å². The van der Waals surface area contributed by atoms with Gasteiger partial charge in [0.25, 0.3) is 0 Å². The predicted molar refractivity (Wildman–Crippen MR) is 107 cm³/mol. The summed E-state index contributed by atoms with van der Waals surface area (Å²) in [4.78, 5) is 17.2. The molecule has 1 unspecified atom stereocenters. The minimum atomic E-state index is -4.76. The number of benzene rings is 1. The molecular formula is C20H24F3N5O4. The Kier molecular flexibility index (Phi) is 5.78. The molecule has 0 radical (unpaired) electrons. The zero-order valence-corrected chi connectivity index (χ0v) is 17.5. The van der Waals surface area contributed by atoms with E-state index in [0.717, 1.165) is 25.0 Å². The summed E-state index contributed by atoms with van der Waals surface area (Å²) in [6.07, 6.45) is -3.79. The highest BCUT2D eigenvalue weighted by Gasteiger charge is 2.44. The van der Waals surface area contributed by atoms with E-state index in [1.807, 2.05) is 13.8 Å². The standard InChI is InChI=1S/C20H24F3N5O4/c1-11(2)28-18(31-14-5-7-15(8-6-14)32-20(21,22)23)25-17(26-28)24-16-12-3-4-13(16)10-27(9-12)19(29)30/h5-8,11-13,16H,3-4,9-10H2,1-2H3,(H,24,26)(H,29,30)/t12-,13+,16?. The fourth-order valence-corrected chi connectivity index (χ4v) is 4.35. The van der Waals surface area contributed by atoms with Gasteiger partial charge < -0.3 is 24.8 Å². The molecule has 174 valence electrons. The Morgan fingerprint density at radius 1 is 1.16 bits per heavy atom. The number of amides is 1. The minimum Gasteiger partial charge on any atom is -0.465 e. The molecule has 1 amide bonds. The fraction of sp³-hybridized carbons (Fsp3) is 0.550. The van der Waals surface area contributed by atoms with Gasteiger partial charge in [-0.15, -0.1) is 18.3 Å². The second kappa shape index (κ2) is 8.40. The van der Waals surface area contributed by atoms with Crippen LogP contribution >= 0.6 is 0 Å². The van der Waals surface area contributed by atoms with Gasteiger partial charge in [0, 0.05) is 19.1 Å². The third-order valence-electron chi connectivity index (χ3n) is 5.76. The largest absolute Gasteiger partial charge is 0.573 e. The van der Waals surface area contributed by atoms with Crippen LogP contribution in [0.2, 0.25) is 0 Å². The number of likely N-dealkylation sites (tertiary alicyclic amines) is 1. The van der Waals surface area contributed by atoms with Crippen LogP contribution in [-0.4, -0.2) is 56.4 Å². The monoisotopic (exact) mass is 455 g/mol. The van der Waals surface area contributed by atoms with Gasteiger partial charge in [-0.05, 0) is 62.8 Å². The summed E-state index contributed by atoms with van der Waals surface area (Å²) in [7, 11) is 0. The van der Waals surface area contributed by atoms with Gasteiger partial charge in [0.05, 0.1) is 6.04 Å². The molecule has 1 aliphatic carbocycles. The Hall–Kier alpha value is -3.18. The molecule has 32 heavy (non-hydrogen) atoms. The van der Waals surface area contributed by atoms with Crippen molar-refractivity contribution in [1.82, 2.24) is 19.7 Å². The zero-order chi connectivity index (χ0) is 23.0. The molecule has 2 fully saturated rings. The molecule has 2 aliphatic rings. The molecule has 1 saturated carbocycles. The van der Waals surface area contributed by atoms with Crippen molar-refractivity contribution in [3.63, 3.8) is 0 Å². The van der Waals surface area contributed by atoms with E-state index < -0.39 is 12.5 Å². The van der Waals surface area contributed by atoms with Crippen molar-refractivity contribution >= 4 is 12.0 Å². The second-order valence-electron chi connectivity index (χ2n) is 8.33. The molecule has 3 atom stereocenters. The number of nitrogens with one attached hydrogen (secondary N) is 1. The second-order valence-corrected chi connectivity index (χ2v) is 8.33. The quantitative estimate of drug-likeness (QED) is 0.668. The van der Waals surface area contributed by atoms with Gasteiger partial charge in [0.2, 0.25) is 5.95 Å². The Balaban J connectivity index is 1.47. The first-order valence-corrected chi connectivity index (χ1v) is 10.3. The molecule has 4 rings (SSSR count). The summed E-state index contributed by atoms with van der Waals surface area (Å²) in [6, 6.07) is 5.22. The first-order valence-electron chi connectivity index (χ1n) is 10.3. The Labute approximate surface area is 182 Å². The Morgan fingerprint density at radius 3 is 2.28 bits per heavy atom. The number of alkyl halides is 3. The summed E-state index contributed by atoms with van der Waals surface area (Å²) in [5.41, 5.74) is 0. The lowest BCUT2D eigenvalue weighted by Gasteiger charge is -2.36. The van der Waals surface area contributed by atoms with E-state index in [4.69, 9.17) is 4.74 Å². The van der Waals surface area contributed by atoms with Gasteiger partial charge in [0.15, 0.2) is 0 Å². The van der Waals surface area contributed by atoms with Crippen LogP contribution in [0, 0.1) is 11.8 Å². The average molecular weight is 455 g/mol. The number of hydrogen-bond donors (Lipinski definition) is 2. The summed E-state index contributed by atoms with van der Waals surface area (Å²) >= 11 is 0. The number of carboxylic acid groups (broad SMARTS) is 1. The topological polar surface area (TPSA) is 102 Å². The maximum Gasteiger partial charge on any atom is 0.573 e. The third-order valence-corrected chi connectivity index (χ3v) is 5.76. The summed E-state index contributed by atoms with van der Waals surface area (Å²) in [5.74, 6) is 0.676. The molecule has 1 aromatic carbocycles. The van der Waals surface area contributed by atoms with E-state index in [0.29, 0.717) is 19.0 Å². The summed E-state index contributed by atoms with van der Waals surface area (Å²) in [5, 5.41) is 17.1. The Bertz CT molecular complexity index is 949. The van der Waals surface area contributed by atoms with Gasteiger partial charge in [0.1, 0.15) is 11.5 Å². The lowest BCUT2D eigenvalue weighted by molar-refractivity contribution is -0.274. The minimum absolute atomic E-state index is 0.0697. The van der Waals surface area contributed by atoms with E-state index >= 15 is 0 Å². The van der Waals surface area contributed by atoms with Crippen LogP contribution in [0.25, 0.3) is 0 Å². The van der Waals surface area contributed by atoms with Crippen LogP contribution in [0.5, 0.6) is 17.5 Å². The number of fused-ring (bicyclic) bond motifs is 2. The third kappa shape index (κ3) is 4.83. The lowest BCUT2D eigenvalue weighted by atomic mass is 9.92. The van der Waals surface area contributed by atoms with E-state index in [2.05, 4.69) is 20.1 Å². The van der Waals surface area contributed by atoms with Crippen molar-refractivity contribution < 1.29 is 32.5 Å². The molecule has 12 heteroatoms. The summed E-state index contributed by atoms with van der Waals surface area (Å²) < 4.78 is 48.2. The molecular weight excluding hydrogens is 431 g/mol. The van der Waals surface area contributed by atoms with Crippen molar-refractivity contribution in [1.29, 1.82) is 0 Å². The first kappa shape index (κ1) is 22.0. The van der Waals surface area contributed by atoms with Gasteiger partial charge in [-0.25, -0.2) is 9.48 Å². The normalized spacial score (nSPS) is 22.8. The SMILES string of the molecule is CC(C)n1nc(NC2[C@@H]3CC[C@H]2CN(C(=O)O)C3)nc1Oc1ccc(OC(F)(F)F)cc1. The average Bonchev–Trinajstić information content (AvgIpc) is 3.18. The van der Waals surface area contributed by atoms with Crippen LogP contribution in [0.3, 0.4) is 0 Å². The van der Waals surface area contributed by atoms with Gasteiger partial charge >= 0.3 is 18.5 Å². The number of anilines is 1. The molecule has 2 aromatic rings. The molecule has 0 spiro atoms. The van der Waals surface area contributed by atoms with Crippen molar-refractivity contribution in [2.45, 2.75) is 45.1 Å². The van der Waals surface area contributed by atoms with Crippen molar-refractivity contribution in [3.8, 4) is 17.5 Å². The van der Waals surface area contributed by atoms with Crippen molar-refractivity contribution in [2.75, 3.05) is 18.4 Å².